The summed E-state index contributed by atoms with van der Waals surface area (Å²) in [6.45, 7) is 10.1. The summed E-state index contributed by atoms with van der Waals surface area (Å²) in [6, 6.07) is 0.610. The number of likely N-dealkylation sites (tertiary alicyclic amines) is 1. The Morgan fingerprint density at radius 2 is 1.70 bits per heavy atom. The maximum Gasteiger partial charge on any atom is 0.325 e. The first-order chi connectivity index (χ1) is 9.29. The SMILES string of the molecule is COC(=O)CN(C(=O)C(C)N1C(C)CCC1C)C(C)C. The zero-order valence-corrected chi connectivity index (χ0v) is 13.5. The molecule has 5 heteroatoms. The molecule has 0 N–H and O–H groups in total. The van der Waals surface area contributed by atoms with Crippen LogP contribution in [0.25, 0.3) is 0 Å². The average Bonchev–Trinajstić information content (AvgIpc) is 2.73. The number of methoxy groups -OCH3 is 1. The van der Waals surface area contributed by atoms with Crippen LogP contribution in [0.15, 0.2) is 0 Å². The highest BCUT2D eigenvalue weighted by molar-refractivity contribution is 5.85. The summed E-state index contributed by atoms with van der Waals surface area (Å²) in [6.07, 6.45) is 2.24. The number of rotatable bonds is 5. The van der Waals surface area contributed by atoms with Crippen molar-refractivity contribution in [2.24, 2.45) is 0 Å². The molecule has 1 aliphatic heterocycles. The van der Waals surface area contributed by atoms with Crippen LogP contribution in [-0.2, 0) is 14.3 Å². The van der Waals surface area contributed by atoms with E-state index in [4.69, 9.17) is 0 Å². The third-order valence-corrected chi connectivity index (χ3v) is 4.26. The Morgan fingerprint density at radius 1 is 1.20 bits per heavy atom. The summed E-state index contributed by atoms with van der Waals surface area (Å²) in [5.74, 6) is -0.368. The van der Waals surface area contributed by atoms with E-state index in [-0.39, 0.29) is 30.5 Å². The minimum Gasteiger partial charge on any atom is -0.468 e. The Labute approximate surface area is 122 Å². The van der Waals surface area contributed by atoms with Crippen LogP contribution < -0.4 is 0 Å². The highest BCUT2D eigenvalue weighted by Gasteiger charge is 2.37. The normalized spacial score (nSPS) is 24.8. The minimum absolute atomic E-state index is 0.00556. The first-order valence-electron chi connectivity index (χ1n) is 7.44. The molecule has 1 amide bonds. The maximum atomic E-state index is 12.7. The molecule has 0 aromatic carbocycles. The number of amides is 1. The quantitative estimate of drug-likeness (QED) is 0.720. The number of carbonyl (C=O) groups is 2. The van der Waals surface area contributed by atoms with Gasteiger partial charge in [0.15, 0.2) is 0 Å². The van der Waals surface area contributed by atoms with E-state index in [1.54, 1.807) is 4.90 Å². The lowest BCUT2D eigenvalue weighted by atomic mass is 10.1. The third-order valence-electron chi connectivity index (χ3n) is 4.26. The lowest BCUT2D eigenvalue weighted by molar-refractivity contribution is -0.150. The average molecular weight is 284 g/mol. The van der Waals surface area contributed by atoms with Gasteiger partial charge in [-0.15, -0.1) is 0 Å². The Bertz CT molecular complexity index is 347. The summed E-state index contributed by atoms with van der Waals surface area (Å²) in [5, 5.41) is 0. The number of hydrogen-bond donors (Lipinski definition) is 0. The molecule has 0 aliphatic carbocycles. The second kappa shape index (κ2) is 7.07. The van der Waals surface area contributed by atoms with Gasteiger partial charge < -0.3 is 9.64 Å². The predicted octanol–water partition coefficient (Wildman–Crippen LogP) is 1.66. The Hall–Kier alpha value is -1.10. The molecule has 20 heavy (non-hydrogen) atoms. The molecular formula is C15H28N2O3. The Kier molecular flexibility index (Phi) is 5.99. The van der Waals surface area contributed by atoms with Crippen molar-refractivity contribution >= 4 is 11.9 Å². The summed E-state index contributed by atoms with van der Waals surface area (Å²) < 4.78 is 4.68. The van der Waals surface area contributed by atoms with Crippen LogP contribution in [0.3, 0.4) is 0 Å². The van der Waals surface area contributed by atoms with Crippen LogP contribution in [0.4, 0.5) is 0 Å². The topological polar surface area (TPSA) is 49.9 Å². The lowest BCUT2D eigenvalue weighted by Crippen LogP contribution is -2.53. The number of esters is 1. The summed E-state index contributed by atoms with van der Waals surface area (Å²) in [5.41, 5.74) is 0. The van der Waals surface area contributed by atoms with E-state index in [0.29, 0.717) is 12.1 Å². The van der Waals surface area contributed by atoms with Crippen LogP contribution in [0.2, 0.25) is 0 Å². The van der Waals surface area contributed by atoms with E-state index in [0.717, 1.165) is 12.8 Å². The number of nitrogens with zero attached hydrogens (tertiary/aromatic N) is 2. The van der Waals surface area contributed by atoms with E-state index in [1.165, 1.54) is 7.11 Å². The molecule has 0 bridgehead atoms. The molecule has 1 heterocycles. The van der Waals surface area contributed by atoms with Gasteiger partial charge in [-0.25, -0.2) is 0 Å². The molecule has 0 aromatic rings. The Balaban J connectivity index is 2.80. The molecule has 1 saturated heterocycles. The van der Waals surface area contributed by atoms with E-state index in [9.17, 15) is 9.59 Å². The standard InChI is InChI=1S/C15H28N2O3/c1-10(2)16(9-14(18)20-6)15(19)13(5)17-11(3)7-8-12(17)4/h10-13H,7-9H2,1-6H3. The van der Waals surface area contributed by atoms with Crippen LogP contribution in [-0.4, -0.2) is 59.5 Å². The number of carbonyl (C=O) groups excluding carboxylic acids is 2. The first-order valence-corrected chi connectivity index (χ1v) is 7.44. The van der Waals surface area contributed by atoms with Crippen LogP contribution in [0.1, 0.15) is 47.5 Å². The highest BCUT2D eigenvalue weighted by Crippen LogP contribution is 2.26. The van der Waals surface area contributed by atoms with Crippen molar-refractivity contribution in [2.45, 2.75) is 71.6 Å². The molecular weight excluding hydrogens is 256 g/mol. The van der Waals surface area contributed by atoms with E-state index < -0.39 is 0 Å². The second-order valence-electron chi connectivity index (χ2n) is 6.03. The molecule has 1 fully saturated rings. The predicted molar refractivity (Wildman–Crippen MR) is 78.3 cm³/mol. The van der Waals surface area contributed by atoms with Crippen LogP contribution >= 0.6 is 0 Å². The van der Waals surface area contributed by atoms with Crippen molar-refractivity contribution in [2.75, 3.05) is 13.7 Å². The van der Waals surface area contributed by atoms with Gasteiger partial charge >= 0.3 is 5.97 Å². The molecule has 3 unspecified atom stereocenters. The van der Waals surface area contributed by atoms with Gasteiger partial charge in [-0.3, -0.25) is 14.5 Å². The van der Waals surface area contributed by atoms with E-state index >= 15 is 0 Å². The van der Waals surface area contributed by atoms with Gasteiger partial charge in [0, 0.05) is 18.1 Å². The highest BCUT2D eigenvalue weighted by atomic mass is 16.5. The monoisotopic (exact) mass is 284 g/mol. The van der Waals surface area contributed by atoms with Crippen molar-refractivity contribution in [1.29, 1.82) is 0 Å². The molecule has 5 nitrogen and oxygen atoms in total. The van der Waals surface area contributed by atoms with E-state index in [1.807, 2.05) is 20.8 Å². The molecule has 1 aliphatic rings. The smallest absolute Gasteiger partial charge is 0.325 e. The number of hydrogen-bond acceptors (Lipinski definition) is 4. The van der Waals surface area contributed by atoms with Crippen molar-refractivity contribution in [3.8, 4) is 0 Å². The maximum absolute atomic E-state index is 12.7. The van der Waals surface area contributed by atoms with Crippen LogP contribution in [0, 0.1) is 0 Å². The van der Waals surface area contributed by atoms with Crippen LogP contribution in [0.5, 0.6) is 0 Å². The molecule has 116 valence electrons. The van der Waals surface area contributed by atoms with Gasteiger partial charge in [-0.1, -0.05) is 0 Å². The van der Waals surface area contributed by atoms with Crippen molar-refractivity contribution in [1.82, 2.24) is 9.80 Å². The first kappa shape index (κ1) is 17.0. The Morgan fingerprint density at radius 3 is 2.10 bits per heavy atom. The summed E-state index contributed by atoms with van der Waals surface area (Å²) in [7, 11) is 1.35. The molecule has 0 radical (unpaired) electrons. The summed E-state index contributed by atoms with van der Waals surface area (Å²) in [4.78, 5) is 28.0. The minimum atomic E-state index is -0.373. The largest absolute Gasteiger partial charge is 0.468 e. The summed E-state index contributed by atoms with van der Waals surface area (Å²) >= 11 is 0. The molecule has 1 rings (SSSR count). The van der Waals surface area contributed by atoms with Crippen molar-refractivity contribution in [3.63, 3.8) is 0 Å². The molecule has 0 aromatic heterocycles. The van der Waals surface area contributed by atoms with Gasteiger partial charge in [0.25, 0.3) is 0 Å². The van der Waals surface area contributed by atoms with Gasteiger partial charge in [-0.05, 0) is 47.5 Å². The van der Waals surface area contributed by atoms with Crippen molar-refractivity contribution in [3.05, 3.63) is 0 Å². The fourth-order valence-electron chi connectivity index (χ4n) is 3.06. The lowest BCUT2D eigenvalue weighted by Gasteiger charge is -2.36. The second-order valence-corrected chi connectivity index (χ2v) is 6.03. The van der Waals surface area contributed by atoms with Gasteiger partial charge in [0.2, 0.25) is 5.91 Å². The number of ether oxygens (including phenoxy) is 1. The van der Waals surface area contributed by atoms with Crippen molar-refractivity contribution < 1.29 is 14.3 Å². The zero-order chi connectivity index (χ0) is 15.4. The molecule has 0 spiro atoms. The zero-order valence-electron chi connectivity index (χ0n) is 13.5. The van der Waals surface area contributed by atoms with Gasteiger partial charge in [0.1, 0.15) is 6.54 Å². The van der Waals surface area contributed by atoms with Gasteiger partial charge in [0.05, 0.1) is 13.2 Å². The fourth-order valence-corrected chi connectivity index (χ4v) is 3.06. The fraction of sp³-hybridized carbons (Fsp3) is 0.867. The van der Waals surface area contributed by atoms with Gasteiger partial charge in [-0.2, -0.15) is 0 Å². The third kappa shape index (κ3) is 3.72. The molecule has 3 atom stereocenters. The van der Waals surface area contributed by atoms with E-state index in [2.05, 4.69) is 23.5 Å². The molecule has 0 saturated carbocycles.